The number of hydrogen-bond donors (Lipinski definition) is 0. The molecule has 0 aliphatic heterocycles. The summed E-state index contributed by atoms with van der Waals surface area (Å²) in [5.41, 5.74) is 2.23. The molecule has 2 nitrogen and oxygen atoms in total. The van der Waals surface area contributed by atoms with Gasteiger partial charge in [0.15, 0.2) is 6.54 Å². The quantitative estimate of drug-likeness (QED) is 0.407. The van der Waals surface area contributed by atoms with Crippen molar-refractivity contribution in [2.75, 3.05) is 0 Å². The summed E-state index contributed by atoms with van der Waals surface area (Å²) in [6.07, 6.45) is 8.02. The fourth-order valence-electron chi connectivity index (χ4n) is 2.48. The van der Waals surface area contributed by atoms with Crippen molar-refractivity contribution in [1.29, 1.82) is 0 Å². The second-order valence-electron chi connectivity index (χ2n) is 5.01. The average molecular weight is 373 g/mol. The predicted octanol–water partition coefficient (Wildman–Crippen LogP) is 1.39. The number of fused-ring (bicyclic) bond motifs is 1. The molecule has 0 atom stereocenters. The lowest BCUT2D eigenvalue weighted by Gasteiger charge is -1.98. The topological polar surface area (TPSA) is 17.0 Å². The third-order valence-electron chi connectivity index (χ3n) is 3.53. The monoisotopic (exact) mass is 373 g/mol. The van der Waals surface area contributed by atoms with Gasteiger partial charge in [0.1, 0.15) is 0 Å². The highest BCUT2D eigenvalue weighted by molar-refractivity contribution is 5.68. The zero-order valence-electron chi connectivity index (χ0n) is 12.0. The van der Waals surface area contributed by atoms with Crippen LogP contribution in [0.1, 0.15) is 51.3 Å². The molecule has 0 saturated heterocycles. The van der Waals surface area contributed by atoms with Gasteiger partial charge in [-0.15, -0.1) is 0 Å². The summed E-state index contributed by atoms with van der Waals surface area (Å²) in [6.45, 7) is 5.39. The van der Waals surface area contributed by atoms with E-state index in [0.717, 1.165) is 18.0 Å². The van der Waals surface area contributed by atoms with Crippen molar-refractivity contribution in [2.45, 2.75) is 58.9 Å². The summed E-state index contributed by atoms with van der Waals surface area (Å²) in [7, 11) is 0. The Morgan fingerprint density at radius 3 is 2.47 bits per heavy atom. The first-order valence-corrected chi connectivity index (χ1v) is 7.21. The highest BCUT2D eigenvalue weighted by Gasteiger charge is 2.17. The van der Waals surface area contributed by atoms with Gasteiger partial charge in [0.05, 0.1) is 6.92 Å². The fraction of sp³-hybridized carbons (Fsp3) is 0.562. The van der Waals surface area contributed by atoms with Crippen LogP contribution in [-0.4, -0.2) is 0 Å². The molecule has 0 N–H and O–H groups in total. The standard InChI is InChI=1S/C16H24NO.HI/c1-3-4-5-6-7-10-13-17-14(2)18-16-12-9-8-11-15(16)17;/h8-9,11-12H,3-7,10,13H2,1-2H3;1H/q+1;/p-1. The summed E-state index contributed by atoms with van der Waals surface area (Å²) < 4.78 is 8.06. The van der Waals surface area contributed by atoms with Gasteiger partial charge in [0, 0.05) is 12.5 Å². The zero-order valence-corrected chi connectivity index (χ0v) is 14.2. The van der Waals surface area contributed by atoms with E-state index in [9.17, 15) is 0 Å². The summed E-state index contributed by atoms with van der Waals surface area (Å²) in [4.78, 5) is 0. The molecule has 2 rings (SSSR count). The van der Waals surface area contributed by atoms with Crippen LogP contribution in [0, 0.1) is 6.92 Å². The fourth-order valence-corrected chi connectivity index (χ4v) is 2.48. The molecule has 0 bridgehead atoms. The molecule has 1 heterocycles. The molecular weight excluding hydrogens is 349 g/mol. The number of para-hydroxylation sites is 2. The largest absolute Gasteiger partial charge is 1.00 e. The van der Waals surface area contributed by atoms with E-state index in [-0.39, 0.29) is 24.0 Å². The minimum Gasteiger partial charge on any atom is -1.00 e. The van der Waals surface area contributed by atoms with E-state index in [2.05, 4.69) is 30.5 Å². The zero-order chi connectivity index (χ0) is 12.8. The van der Waals surface area contributed by atoms with Crippen molar-refractivity contribution < 1.29 is 33.0 Å². The van der Waals surface area contributed by atoms with Crippen LogP contribution < -0.4 is 28.5 Å². The normalized spacial score (nSPS) is 10.6. The van der Waals surface area contributed by atoms with Gasteiger partial charge in [0.25, 0.3) is 5.52 Å². The van der Waals surface area contributed by atoms with Crippen LogP contribution in [-0.2, 0) is 6.54 Å². The molecule has 106 valence electrons. The number of hydrogen-bond acceptors (Lipinski definition) is 1. The molecule has 0 radical (unpaired) electrons. The highest BCUT2D eigenvalue weighted by Crippen LogP contribution is 2.13. The van der Waals surface area contributed by atoms with Gasteiger partial charge >= 0.3 is 5.89 Å². The summed E-state index contributed by atoms with van der Waals surface area (Å²) in [6, 6.07) is 8.29. The maximum atomic E-state index is 5.76. The molecule has 2 aromatic rings. The molecular formula is C16H24INO. The van der Waals surface area contributed by atoms with E-state index >= 15 is 0 Å². The van der Waals surface area contributed by atoms with Crippen LogP contribution in [0.5, 0.6) is 0 Å². The molecule has 0 saturated carbocycles. The smallest absolute Gasteiger partial charge is 0.344 e. The first-order valence-electron chi connectivity index (χ1n) is 7.21. The highest BCUT2D eigenvalue weighted by atomic mass is 127. The van der Waals surface area contributed by atoms with Gasteiger partial charge in [-0.05, 0) is 12.5 Å². The first-order chi connectivity index (χ1) is 8.83. The summed E-state index contributed by atoms with van der Waals surface area (Å²) >= 11 is 0. The Balaban J connectivity index is 0.00000180. The van der Waals surface area contributed by atoms with Crippen LogP contribution in [0.2, 0.25) is 0 Å². The SMILES string of the molecule is CCCCCCCC[n+]1c(C)oc2ccccc21.[I-]. The average Bonchev–Trinajstić information content (AvgIpc) is 2.70. The second kappa shape index (κ2) is 8.56. The molecule has 0 aliphatic carbocycles. The van der Waals surface area contributed by atoms with Crippen molar-refractivity contribution in [2.24, 2.45) is 0 Å². The first kappa shape index (κ1) is 16.5. The van der Waals surface area contributed by atoms with Gasteiger partial charge in [-0.1, -0.05) is 44.7 Å². The lowest BCUT2D eigenvalue weighted by molar-refractivity contribution is -0.683. The molecule has 0 unspecified atom stereocenters. The number of unbranched alkanes of at least 4 members (excludes halogenated alkanes) is 5. The third kappa shape index (κ3) is 4.48. The van der Waals surface area contributed by atoms with Gasteiger partial charge in [-0.2, -0.15) is 4.57 Å². The summed E-state index contributed by atoms with van der Waals surface area (Å²) in [5.74, 6) is 1.02. The third-order valence-corrected chi connectivity index (χ3v) is 3.53. The lowest BCUT2D eigenvalue weighted by atomic mass is 10.1. The van der Waals surface area contributed by atoms with Crippen LogP contribution in [0.15, 0.2) is 28.7 Å². The minimum atomic E-state index is 0. The number of halogens is 1. The number of aromatic nitrogens is 1. The maximum Gasteiger partial charge on any atom is 0.344 e. The molecule has 0 fully saturated rings. The van der Waals surface area contributed by atoms with E-state index in [1.807, 2.05) is 12.1 Å². The number of rotatable bonds is 7. The minimum absolute atomic E-state index is 0. The lowest BCUT2D eigenvalue weighted by Crippen LogP contribution is -3.00. The molecule has 1 aromatic heterocycles. The Labute approximate surface area is 133 Å². The van der Waals surface area contributed by atoms with Crippen molar-refractivity contribution in [3.63, 3.8) is 0 Å². The molecule has 3 heteroatoms. The van der Waals surface area contributed by atoms with E-state index in [1.54, 1.807) is 0 Å². The van der Waals surface area contributed by atoms with Gasteiger partial charge in [-0.3, -0.25) is 0 Å². The van der Waals surface area contributed by atoms with E-state index in [4.69, 9.17) is 4.42 Å². The van der Waals surface area contributed by atoms with Gasteiger partial charge in [0.2, 0.25) is 5.58 Å². The van der Waals surface area contributed by atoms with E-state index in [1.165, 1.54) is 44.0 Å². The Morgan fingerprint density at radius 2 is 1.68 bits per heavy atom. The van der Waals surface area contributed by atoms with Crippen molar-refractivity contribution in [1.82, 2.24) is 0 Å². The molecule has 0 aliphatic rings. The Bertz CT molecular complexity index is 492. The summed E-state index contributed by atoms with van der Waals surface area (Å²) in [5, 5.41) is 0. The van der Waals surface area contributed by atoms with Gasteiger partial charge in [-0.25, -0.2) is 0 Å². The maximum absolute atomic E-state index is 5.76. The van der Waals surface area contributed by atoms with Gasteiger partial charge < -0.3 is 28.4 Å². The van der Waals surface area contributed by atoms with Crippen LogP contribution in [0.4, 0.5) is 0 Å². The molecule has 1 aromatic carbocycles. The van der Waals surface area contributed by atoms with Crippen molar-refractivity contribution in [3.8, 4) is 0 Å². The van der Waals surface area contributed by atoms with Crippen molar-refractivity contribution in [3.05, 3.63) is 30.2 Å². The molecule has 19 heavy (non-hydrogen) atoms. The van der Waals surface area contributed by atoms with E-state index in [0.29, 0.717) is 0 Å². The number of aryl methyl sites for hydroxylation is 2. The van der Waals surface area contributed by atoms with Crippen molar-refractivity contribution >= 4 is 11.1 Å². The Hall–Kier alpha value is -0.580. The number of oxazole rings is 1. The Kier molecular flexibility index (Phi) is 7.42. The molecule has 0 amide bonds. The number of nitrogens with zero attached hydrogens (tertiary/aromatic N) is 1. The number of benzene rings is 1. The molecule has 0 spiro atoms. The van der Waals surface area contributed by atoms with Crippen LogP contribution in [0.25, 0.3) is 11.1 Å². The second-order valence-corrected chi connectivity index (χ2v) is 5.01. The van der Waals surface area contributed by atoms with Crippen LogP contribution >= 0.6 is 0 Å². The van der Waals surface area contributed by atoms with Crippen LogP contribution in [0.3, 0.4) is 0 Å². The van der Waals surface area contributed by atoms with E-state index < -0.39 is 0 Å². The Morgan fingerprint density at radius 1 is 1.00 bits per heavy atom. The predicted molar refractivity (Wildman–Crippen MR) is 74.5 cm³/mol.